The maximum atomic E-state index is 13.2. The van der Waals surface area contributed by atoms with Gasteiger partial charge in [0.25, 0.3) is 0 Å². The van der Waals surface area contributed by atoms with Crippen LogP contribution in [0.5, 0.6) is 0 Å². The predicted molar refractivity (Wildman–Crippen MR) is 104 cm³/mol. The highest BCUT2D eigenvalue weighted by Gasteiger charge is 2.29. The van der Waals surface area contributed by atoms with Gasteiger partial charge in [-0.3, -0.25) is 9.10 Å². The number of hydrogen-bond donors (Lipinski definition) is 1. The first-order valence-electron chi connectivity index (χ1n) is 8.29. The number of amides is 1. The highest BCUT2D eigenvalue weighted by Crippen LogP contribution is 2.23. The average Bonchev–Trinajstić information content (AvgIpc) is 2.63. The van der Waals surface area contributed by atoms with Gasteiger partial charge in [-0.15, -0.1) is 0 Å². The Morgan fingerprint density at radius 3 is 2.29 bits per heavy atom. The summed E-state index contributed by atoms with van der Waals surface area (Å²) in [4.78, 5) is 24.4. The Labute approximate surface area is 163 Å². The largest absolute Gasteiger partial charge is 0.465 e. The van der Waals surface area contributed by atoms with E-state index in [9.17, 15) is 22.4 Å². The molecular formula is C19H21FN2O5S. The van der Waals surface area contributed by atoms with Gasteiger partial charge >= 0.3 is 5.97 Å². The molecule has 0 aliphatic carbocycles. The summed E-state index contributed by atoms with van der Waals surface area (Å²) in [5.41, 5.74) is 1.44. The molecule has 2 aromatic rings. The minimum Gasteiger partial charge on any atom is -0.465 e. The number of halogens is 1. The van der Waals surface area contributed by atoms with Crippen LogP contribution in [0.1, 0.15) is 22.8 Å². The number of hydrogen-bond acceptors (Lipinski definition) is 5. The number of aryl methyl sites for hydroxylation is 1. The van der Waals surface area contributed by atoms with Crippen molar-refractivity contribution in [1.29, 1.82) is 0 Å². The van der Waals surface area contributed by atoms with Gasteiger partial charge in [0.05, 0.1) is 24.6 Å². The first-order valence-corrected chi connectivity index (χ1v) is 10.1. The van der Waals surface area contributed by atoms with Crippen molar-refractivity contribution >= 4 is 33.3 Å². The van der Waals surface area contributed by atoms with Crippen molar-refractivity contribution in [2.45, 2.75) is 19.9 Å². The number of nitrogens with zero attached hydrogens (tertiary/aromatic N) is 1. The van der Waals surface area contributed by atoms with Crippen LogP contribution >= 0.6 is 0 Å². The first-order chi connectivity index (χ1) is 13.0. The molecule has 0 saturated heterocycles. The summed E-state index contributed by atoms with van der Waals surface area (Å²) in [5.74, 6) is -1.70. The summed E-state index contributed by atoms with van der Waals surface area (Å²) in [6, 6.07) is 8.31. The second kappa shape index (κ2) is 8.39. The normalized spacial score (nSPS) is 12.2. The smallest absolute Gasteiger partial charge is 0.337 e. The number of carbonyl (C=O) groups excluding carboxylic acids is 2. The van der Waals surface area contributed by atoms with Gasteiger partial charge in [-0.25, -0.2) is 17.6 Å². The lowest BCUT2D eigenvalue weighted by Gasteiger charge is -2.28. The monoisotopic (exact) mass is 408 g/mol. The molecule has 0 unspecified atom stereocenters. The van der Waals surface area contributed by atoms with Gasteiger partial charge in [-0.2, -0.15) is 0 Å². The lowest BCUT2D eigenvalue weighted by atomic mass is 10.1. The lowest BCUT2D eigenvalue weighted by Crippen LogP contribution is -2.45. The molecule has 0 saturated carbocycles. The van der Waals surface area contributed by atoms with Gasteiger partial charge in [0.1, 0.15) is 11.9 Å². The van der Waals surface area contributed by atoms with E-state index in [2.05, 4.69) is 10.1 Å². The summed E-state index contributed by atoms with van der Waals surface area (Å²) < 4.78 is 43.3. The second-order valence-electron chi connectivity index (χ2n) is 6.22. The Bertz CT molecular complexity index is 990. The molecule has 28 heavy (non-hydrogen) atoms. The first kappa shape index (κ1) is 21.4. The highest BCUT2D eigenvalue weighted by atomic mass is 32.2. The van der Waals surface area contributed by atoms with Gasteiger partial charge in [-0.05, 0) is 55.8 Å². The van der Waals surface area contributed by atoms with Crippen LogP contribution < -0.4 is 9.62 Å². The second-order valence-corrected chi connectivity index (χ2v) is 8.08. The molecule has 0 spiro atoms. The molecule has 0 aromatic heterocycles. The number of nitrogens with one attached hydrogen (secondary N) is 1. The third-order valence-electron chi connectivity index (χ3n) is 4.09. The van der Waals surface area contributed by atoms with Gasteiger partial charge in [0.2, 0.25) is 15.9 Å². The van der Waals surface area contributed by atoms with E-state index < -0.39 is 33.8 Å². The third kappa shape index (κ3) is 4.86. The average molecular weight is 408 g/mol. The van der Waals surface area contributed by atoms with E-state index in [1.54, 1.807) is 19.1 Å². The molecule has 0 fully saturated rings. The van der Waals surface area contributed by atoms with Crippen LogP contribution in [0.15, 0.2) is 42.5 Å². The topological polar surface area (TPSA) is 92.8 Å². The van der Waals surface area contributed by atoms with Crippen molar-refractivity contribution in [2.24, 2.45) is 0 Å². The van der Waals surface area contributed by atoms with Crippen LogP contribution in [0, 0.1) is 12.7 Å². The number of sulfonamides is 1. The molecule has 1 N–H and O–H groups in total. The van der Waals surface area contributed by atoms with E-state index in [4.69, 9.17) is 0 Å². The van der Waals surface area contributed by atoms with Gasteiger partial charge in [0, 0.05) is 5.69 Å². The Hall–Kier alpha value is -2.94. The minimum absolute atomic E-state index is 0.159. The minimum atomic E-state index is -3.83. The zero-order valence-corrected chi connectivity index (χ0v) is 16.7. The Morgan fingerprint density at radius 1 is 1.14 bits per heavy atom. The number of methoxy groups -OCH3 is 1. The van der Waals surface area contributed by atoms with Gasteiger partial charge < -0.3 is 10.1 Å². The van der Waals surface area contributed by atoms with Crippen molar-refractivity contribution in [3.63, 3.8) is 0 Å². The number of anilines is 2. The molecule has 150 valence electrons. The molecule has 1 atom stereocenters. The maximum Gasteiger partial charge on any atom is 0.337 e. The van der Waals surface area contributed by atoms with Crippen LogP contribution in [0.2, 0.25) is 0 Å². The molecule has 0 aliphatic rings. The fraction of sp³-hybridized carbons (Fsp3) is 0.263. The molecule has 7 nitrogen and oxygen atoms in total. The number of ether oxygens (including phenoxy) is 1. The molecule has 2 aromatic carbocycles. The van der Waals surface area contributed by atoms with Gasteiger partial charge in [-0.1, -0.05) is 6.07 Å². The van der Waals surface area contributed by atoms with E-state index in [-0.39, 0.29) is 11.3 Å². The van der Waals surface area contributed by atoms with E-state index in [0.717, 1.165) is 22.7 Å². The Morgan fingerprint density at radius 2 is 1.75 bits per heavy atom. The number of rotatable bonds is 6. The van der Waals surface area contributed by atoms with Gasteiger partial charge in [0.15, 0.2) is 0 Å². The van der Waals surface area contributed by atoms with Crippen LogP contribution in [0.25, 0.3) is 0 Å². The van der Waals surface area contributed by atoms with Crippen molar-refractivity contribution in [3.8, 4) is 0 Å². The van der Waals surface area contributed by atoms with E-state index in [1.807, 2.05) is 0 Å². The standard InChI is InChI=1S/C19H21FN2O5S/c1-12-5-6-14(19(24)27-3)11-17(12)21-18(23)13(2)22(28(4,25)26)16-9-7-15(20)8-10-16/h5-11,13H,1-4H3,(H,21,23)/t13-/m1/s1. The summed E-state index contributed by atoms with van der Waals surface area (Å²) in [5, 5.41) is 2.64. The third-order valence-corrected chi connectivity index (χ3v) is 5.33. The van der Waals surface area contributed by atoms with Crippen LogP contribution in [0.3, 0.4) is 0 Å². The SMILES string of the molecule is COC(=O)c1ccc(C)c(NC(=O)[C@@H](C)N(c2ccc(F)cc2)S(C)(=O)=O)c1. The molecule has 0 aliphatic heterocycles. The van der Waals surface area contributed by atoms with E-state index in [0.29, 0.717) is 11.3 Å². The predicted octanol–water partition coefficient (Wildman–Crippen LogP) is 2.71. The molecule has 9 heteroatoms. The van der Waals surface area contributed by atoms with E-state index >= 15 is 0 Å². The zero-order chi connectivity index (χ0) is 21.1. The Balaban J connectivity index is 2.34. The molecule has 1 amide bonds. The molecule has 0 heterocycles. The quantitative estimate of drug-likeness (QED) is 0.742. The Kier molecular flexibility index (Phi) is 6.40. The molecule has 2 rings (SSSR count). The van der Waals surface area contributed by atoms with Crippen molar-refractivity contribution < 1.29 is 27.1 Å². The number of esters is 1. The summed E-state index contributed by atoms with van der Waals surface area (Å²) >= 11 is 0. The van der Waals surface area contributed by atoms with Crippen LogP contribution in [-0.4, -0.2) is 39.7 Å². The maximum absolute atomic E-state index is 13.2. The summed E-state index contributed by atoms with van der Waals surface area (Å²) in [6.07, 6.45) is 0.962. The lowest BCUT2D eigenvalue weighted by molar-refractivity contribution is -0.116. The number of benzene rings is 2. The van der Waals surface area contributed by atoms with Crippen molar-refractivity contribution in [3.05, 3.63) is 59.4 Å². The molecular weight excluding hydrogens is 387 g/mol. The fourth-order valence-electron chi connectivity index (χ4n) is 2.64. The number of carbonyl (C=O) groups is 2. The fourth-order valence-corrected chi connectivity index (χ4v) is 3.81. The summed E-state index contributed by atoms with van der Waals surface area (Å²) in [6.45, 7) is 3.15. The van der Waals surface area contributed by atoms with Crippen molar-refractivity contribution in [1.82, 2.24) is 0 Å². The van der Waals surface area contributed by atoms with Crippen LogP contribution in [0.4, 0.5) is 15.8 Å². The summed E-state index contributed by atoms with van der Waals surface area (Å²) in [7, 11) is -2.58. The zero-order valence-electron chi connectivity index (χ0n) is 15.9. The molecule has 0 bridgehead atoms. The van der Waals surface area contributed by atoms with E-state index in [1.165, 1.54) is 32.2 Å². The van der Waals surface area contributed by atoms with Crippen LogP contribution in [-0.2, 0) is 19.6 Å². The van der Waals surface area contributed by atoms with Crippen molar-refractivity contribution in [2.75, 3.05) is 23.0 Å². The highest BCUT2D eigenvalue weighted by molar-refractivity contribution is 7.92. The molecule has 0 radical (unpaired) electrons.